The van der Waals surface area contributed by atoms with Gasteiger partial charge in [-0.25, -0.2) is 0 Å². The zero-order valence-corrected chi connectivity index (χ0v) is 8.60. The molecule has 1 aromatic rings. The maximum absolute atomic E-state index is 12.5. The van der Waals surface area contributed by atoms with Crippen LogP contribution in [0.25, 0.3) is 0 Å². The highest BCUT2D eigenvalue weighted by molar-refractivity contribution is 5.27. The number of alkyl halides is 5. The second-order valence-corrected chi connectivity index (χ2v) is 3.30. The molecule has 0 aliphatic carbocycles. The SMILES string of the molecule is NCCc1ccc(OC(F)(F)C(F)(F)F)cc1. The van der Waals surface area contributed by atoms with E-state index in [0.29, 0.717) is 13.0 Å². The first-order valence-electron chi connectivity index (χ1n) is 4.69. The summed E-state index contributed by atoms with van der Waals surface area (Å²) in [7, 11) is 0. The summed E-state index contributed by atoms with van der Waals surface area (Å²) in [6.45, 7) is 0.360. The molecular formula is C10H10F5NO. The molecule has 0 aromatic heterocycles. The molecule has 0 amide bonds. The quantitative estimate of drug-likeness (QED) is 0.839. The lowest BCUT2D eigenvalue weighted by atomic mass is 10.1. The molecule has 96 valence electrons. The predicted octanol–water partition coefficient (Wildman–Crippen LogP) is 2.72. The highest BCUT2D eigenvalue weighted by Gasteiger charge is 2.61. The van der Waals surface area contributed by atoms with Gasteiger partial charge in [0.2, 0.25) is 0 Å². The molecule has 0 saturated heterocycles. The fourth-order valence-corrected chi connectivity index (χ4v) is 1.10. The van der Waals surface area contributed by atoms with E-state index in [1.165, 1.54) is 12.1 Å². The van der Waals surface area contributed by atoms with E-state index in [1.54, 1.807) is 0 Å². The maximum atomic E-state index is 12.5. The summed E-state index contributed by atoms with van der Waals surface area (Å²) < 4.78 is 64.1. The minimum absolute atomic E-state index is 0.360. The summed E-state index contributed by atoms with van der Waals surface area (Å²) in [5.74, 6) is -0.548. The average Bonchev–Trinajstić information content (AvgIpc) is 2.19. The van der Waals surface area contributed by atoms with E-state index in [4.69, 9.17) is 5.73 Å². The summed E-state index contributed by atoms with van der Waals surface area (Å²) in [6, 6.07) is 4.86. The van der Waals surface area contributed by atoms with Gasteiger partial charge in [0.05, 0.1) is 0 Å². The third-order valence-electron chi connectivity index (χ3n) is 1.93. The van der Waals surface area contributed by atoms with Gasteiger partial charge in [-0.05, 0) is 30.7 Å². The summed E-state index contributed by atoms with van der Waals surface area (Å²) >= 11 is 0. The molecule has 2 N–H and O–H groups in total. The van der Waals surface area contributed by atoms with Crippen molar-refractivity contribution in [3.05, 3.63) is 29.8 Å². The van der Waals surface area contributed by atoms with Gasteiger partial charge in [0.1, 0.15) is 5.75 Å². The molecule has 7 heteroatoms. The molecule has 1 aromatic carbocycles. The molecule has 0 aliphatic rings. The molecule has 2 nitrogen and oxygen atoms in total. The van der Waals surface area contributed by atoms with Crippen LogP contribution in [0.15, 0.2) is 24.3 Å². The van der Waals surface area contributed by atoms with Crippen LogP contribution in [0.5, 0.6) is 5.75 Å². The minimum atomic E-state index is -5.73. The van der Waals surface area contributed by atoms with Crippen LogP contribution in [0.3, 0.4) is 0 Å². The lowest BCUT2D eigenvalue weighted by Gasteiger charge is -2.20. The molecule has 0 spiro atoms. The normalized spacial score (nSPS) is 12.6. The number of benzene rings is 1. The number of halogens is 5. The molecule has 0 aliphatic heterocycles. The van der Waals surface area contributed by atoms with E-state index >= 15 is 0 Å². The second-order valence-electron chi connectivity index (χ2n) is 3.30. The van der Waals surface area contributed by atoms with Gasteiger partial charge in [-0.15, -0.1) is 0 Å². The molecule has 0 radical (unpaired) electrons. The fraction of sp³-hybridized carbons (Fsp3) is 0.400. The Morgan fingerprint density at radius 2 is 1.53 bits per heavy atom. The minimum Gasteiger partial charge on any atom is -0.426 e. The van der Waals surface area contributed by atoms with Crippen molar-refractivity contribution in [2.45, 2.75) is 18.7 Å². The zero-order valence-electron chi connectivity index (χ0n) is 8.60. The number of hydrogen-bond donors (Lipinski definition) is 1. The van der Waals surface area contributed by atoms with Crippen molar-refractivity contribution in [1.82, 2.24) is 0 Å². The smallest absolute Gasteiger partial charge is 0.426 e. The molecule has 0 unspecified atom stereocenters. The molecule has 1 rings (SSSR count). The second kappa shape index (κ2) is 4.87. The Hall–Kier alpha value is -1.37. The monoisotopic (exact) mass is 255 g/mol. The number of ether oxygens (including phenoxy) is 1. The standard InChI is InChI=1S/C10H10F5NO/c11-9(12,13)10(14,15)17-8-3-1-7(2-4-8)5-6-16/h1-4H,5-6,16H2. The van der Waals surface area contributed by atoms with Crippen LogP contribution in [-0.4, -0.2) is 18.8 Å². The van der Waals surface area contributed by atoms with E-state index in [1.807, 2.05) is 0 Å². The Kier molecular flexibility index (Phi) is 3.92. The van der Waals surface area contributed by atoms with Gasteiger partial charge in [-0.3, -0.25) is 0 Å². The lowest BCUT2D eigenvalue weighted by molar-refractivity contribution is -0.360. The lowest BCUT2D eigenvalue weighted by Crippen LogP contribution is -2.41. The van der Waals surface area contributed by atoms with Crippen LogP contribution < -0.4 is 10.5 Å². The van der Waals surface area contributed by atoms with Gasteiger partial charge >= 0.3 is 12.3 Å². The van der Waals surface area contributed by atoms with Gasteiger partial charge in [0, 0.05) is 0 Å². The van der Waals surface area contributed by atoms with Gasteiger partial charge in [-0.1, -0.05) is 12.1 Å². The third kappa shape index (κ3) is 3.55. The summed E-state index contributed by atoms with van der Waals surface area (Å²) in [6.07, 6.45) is -10.4. The van der Waals surface area contributed by atoms with Gasteiger partial charge in [-0.2, -0.15) is 22.0 Å². The number of hydrogen-bond acceptors (Lipinski definition) is 2. The van der Waals surface area contributed by atoms with Crippen LogP contribution in [0.2, 0.25) is 0 Å². The Balaban J connectivity index is 2.76. The first kappa shape index (κ1) is 13.7. The van der Waals surface area contributed by atoms with Gasteiger partial charge in [0.15, 0.2) is 0 Å². The molecule has 0 saturated carbocycles. The third-order valence-corrected chi connectivity index (χ3v) is 1.93. The first-order chi connectivity index (χ1) is 7.76. The van der Waals surface area contributed by atoms with E-state index in [9.17, 15) is 22.0 Å². The summed E-state index contributed by atoms with van der Waals surface area (Å²) in [5, 5.41) is 0. The van der Waals surface area contributed by atoms with Gasteiger partial charge in [0.25, 0.3) is 0 Å². The van der Waals surface area contributed by atoms with Crippen molar-refractivity contribution in [3.8, 4) is 5.75 Å². The summed E-state index contributed by atoms with van der Waals surface area (Å²) in [4.78, 5) is 0. The number of nitrogens with two attached hydrogens (primary N) is 1. The fourth-order valence-electron chi connectivity index (χ4n) is 1.10. The predicted molar refractivity (Wildman–Crippen MR) is 50.8 cm³/mol. The first-order valence-corrected chi connectivity index (χ1v) is 4.69. The number of rotatable bonds is 4. The Morgan fingerprint density at radius 1 is 1.00 bits per heavy atom. The highest BCUT2D eigenvalue weighted by atomic mass is 19.4. The van der Waals surface area contributed by atoms with Crippen LogP contribution in [0, 0.1) is 0 Å². The van der Waals surface area contributed by atoms with Crippen molar-refractivity contribution in [2.75, 3.05) is 6.54 Å². The Bertz CT molecular complexity index is 360. The van der Waals surface area contributed by atoms with Gasteiger partial charge < -0.3 is 10.5 Å². The maximum Gasteiger partial charge on any atom is 0.499 e. The molecule has 0 bridgehead atoms. The molecule has 0 atom stereocenters. The van der Waals surface area contributed by atoms with Crippen LogP contribution in [-0.2, 0) is 6.42 Å². The Labute approximate surface area is 94.2 Å². The van der Waals surface area contributed by atoms with E-state index in [2.05, 4.69) is 4.74 Å². The molecular weight excluding hydrogens is 245 g/mol. The van der Waals surface area contributed by atoms with E-state index < -0.39 is 18.0 Å². The van der Waals surface area contributed by atoms with Crippen LogP contribution in [0.1, 0.15) is 5.56 Å². The van der Waals surface area contributed by atoms with Crippen molar-refractivity contribution < 1.29 is 26.7 Å². The van der Waals surface area contributed by atoms with Crippen molar-refractivity contribution in [1.29, 1.82) is 0 Å². The largest absolute Gasteiger partial charge is 0.499 e. The van der Waals surface area contributed by atoms with E-state index in [0.717, 1.165) is 17.7 Å². The van der Waals surface area contributed by atoms with Crippen LogP contribution in [0.4, 0.5) is 22.0 Å². The van der Waals surface area contributed by atoms with Crippen LogP contribution >= 0.6 is 0 Å². The molecule has 17 heavy (non-hydrogen) atoms. The van der Waals surface area contributed by atoms with Crippen molar-refractivity contribution in [2.24, 2.45) is 5.73 Å². The Morgan fingerprint density at radius 3 is 1.94 bits per heavy atom. The zero-order chi connectivity index (χ0) is 13.1. The average molecular weight is 255 g/mol. The van der Waals surface area contributed by atoms with Crippen molar-refractivity contribution >= 4 is 0 Å². The van der Waals surface area contributed by atoms with E-state index in [-0.39, 0.29) is 0 Å². The highest BCUT2D eigenvalue weighted by Crippen LogP contribution is 2.37. The van der Waals surface area contributed by atoms with Crippen molar-refractivity contribution in [3.63, 3.8) is 0 Å². The summed E-state index contributed by atoms with van der Waals surface area (Å²) in [5.41, 5.74) is 5.99. The molecule has 0 heterocycles. The molecule has 0 fully saturated rings. The topological polar surface area (TPSA) is 35.2 Å².